The molecule has 1 aromatic carbocycles. The van der Waals surface area contributed by atoms with Gasteiger partial charge in [0.15, 0.2) is 0 Å². The zero-order chi connectivity index (χ0) is 14.3. The topological polar surface area (TPSA) is 84.6 Å². The first-order chi connectivity index (χ1) is 9.06. The van der Waals surface area contributed by atoms with Crippen LogP contribution in [-0.4, -0.2) is 36.4 Å². The van der Waals surface area contributed by atoms with Gasteiger partial charge in [0, 0.05) is 13.2 Å². The fourth-order valence-electron chi connectivity index (χ4n) is 1.53. The van der Waals surface area contributed by atoms with Crippen LogP contribution < -0.4 is 5.32 Å². The Morgan fingerprint density at radius 3 is 2.84 bits per heavy atom. The normalized spacial score (nSPS) is 10.5. The Labute approximate surface area is 110 Å². The maximum absolute atomic E-state index is 13.3. The number of hydrogen-bond acceptors (Lipinski definition) is 5. The fourth-order valence-corrected chi connectivity index (χ4v) is 1.53. The van der Waals surface area contributed by atoms with E-state index in [0.29, 0.717) is 30.8 Å². The fraction of sp³-hybridized carbons (Fsp3) is 0.500. The molecule has 0 spiro atoms. The molecule has 7 heteroatoms. The van der Waals surface area contributed by atoms with Crippen molar-refractivity contribution in [3.05, 3.63) is 33.6 Å². The molecule has 1 rings (SSSR count). The van der Waals surface area contributed by atoms with E-state index in [1.165, 1.54) is 6.07 Å². The average Bonchev–Trinajstić information content (AvgIpc) is 2.37. The summed E-state index contributed by atoms with van der Waals surface area (Å²) in [6.45, 7) is 2.71. The van der Waals surface area contributed by atoms with Gasteiger partial charge in [-0.15, -0.1) is 0 Å². The van der Waals surface area contributed by atoms with Gasteiger partial charge in [-0.05, 0) is 25.0 Å². The summed E-state index contributed by atoms with van der Waals surface area (Å²) in [6, 6.07) is 2.34. The van der Waals surface area contributed by atoms with E-state index in [-0.39, 0.29) is 18.9 Å². The van der Waals surface area contributed by atoms with Gasteiger partial charge in [-0.1, -0.05) is 0 Å². The smallest absolute Gasteiger partial charge is 0.295 e. The van der Waals surface area contributed by atoms with E-state index in [0.717, 1.165) is 6.07 Å². The Kier molecular flexibility index (Phi) is 6.17. The second kappa shape index (κ2) is 7.65. The van der Waals surface area contributed by atoms with Gasteiger partial charge in [-0.2, -0.15) is 0 Å². The lowest BCUT2D eigenvalue weighted by Crippen LogP contribution is -2.09. The van der Waals surface area contributed by atoms with Crippen molar-refractivity contribution in [3.8, 4) is 0 Å². The van der Waals surface area contributed by atoms with E-state index in [1.807, 2.05) is 0 Å². The Balaban J connectivity index is 2.57. The summed E-state index contributed by atoms with van der Waals surface area (Å²) in [5.74, 6) is -0.594. The number of nitrogens with zero attached hydrogens (tertiary/aromatic N) is 1. The van der Waals surface area contributed by atoms with Crippen LogP contribution in [0.5, 0.6) is 0 Å². The summed E-state index contributed by atoms with van der Waals surface area (Å²) < 4.78 is 18.3. The molecule has 0 atom stereocenters. The van der Waals surface area contributed by atoms with E-state index < -0.39 is 10.7 Å². The van der Waals surface area contributed by atoms with Gasteiger partial charge in [0.1, 0.15) is 11.5 Å². The Bertz CT molecular complexity index is 440. The summed E-state index contributed by atoms with van der Waals surface area (Å²) in [6.07, 6.45) is 0.633. The van der Waals surface area contributed by atoms with E-state index in [9.17, 15) is 14.5 Å². The third kappa shape index (κ3) is 4.80. The Morgan fingerprint density at radius 2 is 2.21 bits per heavy atom. The van der Waals surface area contributed by atoms with Gasteiger partial charge in [-0.25, -0.2) is 4.39 Å². The van der Waals surface area contributed by atoms with Crippen molar-refractivity contribution >= 4 is 11.4 Å². The monoisotopic (exact) mass is 272 g/mol. The lowest BCUT2D eigenvalue weighted by Gasteiger charge is -2.08. The number of aliphatic hydroxyl groups excluding tert-OH is 1. The standard InChI is InChI=1S/C12H17FN2O4/c1-9-7-11(12(15(17)18)8-10(9)13)14-3-2-5-19-6-4-16/h7-8,14,16H,2-6H2,1H3. The third-order valence-electron chi connectivity index (χ3n) is 2.49. The molecule has 2 N–H and O–H groups in total. The maximum atomic E-state index is 13.3. The van der Waals surface area contributed by atoms with Crippen molar-refractivity contribution in [2.75, 3.05) is 31.7 Å². The number of halogens is 1. The van der Waals surface area contributed by atoms with Crippen molar-refractivity contribution in [2.24, 2.45) is 0 Å². The highest BCUT2D eigenvalue weighted by atomic mass is 19.1. The first-order valence-electron chi connectivity index (χ1n) is 5.93. The molecule has 0 fully saturated rings. The molecule has 0 saturated carbocycles. The molecular weight excluding hydrogens is 255 g/mol. The number of hydrogen-bond donors (Lipinski definition) is 2. The lowest BCUT2D eigenvalue weighted by molar-refractivity contribution is -0.384. The first-order valence-corrected chi connectivity index (χ1v) is 5.93. The Morgan fingerprint density at radius 1 is 1.47 bits per heavy atom. The van der Waals surface area contributed by atoms with Crippen LogP contribution in [0.3, 0.4) is 0 Å². The molecule has 0 radical (unpaired) electrons. The van der Waals surface area contributed by atoms with Gasteiger partial charge < -0.3 is 15.2 Å². The van der Waals surface area contributed by atoms with Gasteiger partial charge in [0.25, 0.3) is 5.69 Å². The highest BCUT2D eigenvalue weighted by molar-refractivity contribution is 5.63. The summed E-state index contributed by atoms with van der Waals surface area (Å²) >= 11 is 0. The van der Waals surface area contributed by atoms with E-state index in [1.54, 1.807) is 6.92 Å². The number of rotatable bonds is 8. The molecular formula is C12H17FN2O4. The lowest BCUT2D eigenvalue weighted by atomic mass is 10.1. The quantitative estimate of drug-likeness (QED) is 0.428. The largest absolute Gasteiger partial charge is 0.394 e. The van der Waals surface area contributed by atoms with Gasteiger partial charge in [0.2, 0.25) is 0 Å². The molecule has 0 amide bonds. The van der Waals surface area contributed by atoms with Crippen molar-refractivity contribution < 1.29 is 19.2 Å². The number of ether oxygens (including phenoxy) is 1. The number of aryl methyl sites for hydroxylation is 1. The molecule has 0 aliphatic heterocycles. The minimum atomic E-state index is -0.618. The Hall–Kier alpha value is -1.73. The molecule has 6 nitrogen and oxygen atoms in total. The molecule has 1 aromatic rings. The summed E-state index contributed by atoms with van der Waals surface area (Å²) in [7, 11) is 0. The predicted octanol–water partition coefficient (Wildman–Crippen LogP) is 1.85. The van der Waals surface area contributed by atoms with E-state index in [2.05, 4.69) is 5.32 Å². The molecule has 0 aromatic heterocycles. The molecule has 0 aliphatic rings. The SMILES string of the molecule is Cc1cc(NCCCOCCO)c([N+](=O)[O-])cc1F. The van der Waals surface area contributed by atoms with Crippen LogP contribution in [-0.2, 0) is 4.74 Å². The predicted molar refractivity (Wildman–Crippen MR) is 68.8 cm³/mol. The second-order valence-corrected chi connectivity index (χ2v) is 3.99. The molecule has 0 unspecified atom stereocenters. The molecule has 0 saturated heterocycles. The van der Waals surface area contributed by atoms with Gasteiger partial charge in [-0.3, -0.25) is 10.1 Å². The minimum absolute atomic E-state index is 0.0317. The zero-order valence-electron chi connectivity index (χ0n) is 10.7. The summed E-state index contributed by atoms with van der Waals surface area (Å²) in [5, 5.41) is 22.2. The first kappa shape index (κ1) is 15.3. The van der Waals surface area contributed by atoms with Crippen molar-refractivity contribution in [2.45, 2.75) is 13.3 Å². The molecule has 19 heavy (non-hydrogen) atoms. The minimum Gasteiger partial charge on any atom is -0.394 e. The zero-order valence-corrected chi connectivity index (χ0v) is 10.7. The van der Waals surface area contributed by atoms with Crippen LogP contribution in [0.1, 0.15) is 12.0 Å². The number of nitrogens with one attached hydrogen (secondary N) is 1. The number of benzene rings is 1. The van der Waals surface area contributed by atoms with Crippen molar-refractivity contribution in [1.29, 1.82) is 0 Å². The van der Waals surface area contributed by atoms with Crippen LogP contribution in [0, 0.1) is 22.9 Å². The van der Waals surface area contributed by atoms with E-state index in [4.69, 9.17) is 9.84 Å². The second-order valence-electron chi connectivity index (χ2n) is 3.99. The highest BCUT2D eigenvalue weighted by Crippen LogP contribution is 2.27. The summed E-state index contributed by atoms with van der Waals surface area (Å²) in [5.41, 5.74) is 0.370. The number of nitro benzene ring substituents is 1. The van der Waals surface area contributed by atoms with Gasteiger partial charge in [0.05, 0.1) is 24.2 Å². The third-order valence-corrected chi connectivity index (χ3v) is 2.49. The maximum Gasteiger partial charge on any atom is 0.295 e. The van der Waals surface area contributed by atoms with Crippen LogP contribution in [0.2, 0.25) is 0 Å². The molecule has 0 heterocycles. The number of aliphatic hydroxyl groups is 1. The molecule has 0 aliphatic carbocycles. The number of anilines is 1. The van der Waals surface area contributed by atoms with Crippen LogP contribution in [0.4, 0.5) is 15.8 Å². The van der Waals surface area contributed by atoms with Crippen LogP contribution >= 0.6 is 0 Å². The van der Waals surface area contributed by atoms with Gasteiger partial charge >= 0.3 is 0 Å². The highest BCUT2D eigenvalue weighted by Gasteiger charge is 2.16. The van der Waals surface area contributed by atoms with Crippen LogP contribution in [0.15, 0.2) is 12.1 Å². The summed E-state index contributed by atoms with van der Waals surface area (Å²) in [4.78, 5) is 10.2. The van der Waals surface area contributed by atoms with Crippen LogP contribution in [0.25, 0.3) is 0 Å². The number of nitro groups is 1. The molecule has 106 valence electrons. The average molecular weight is 272 g/mol. The van der Waals surface area contributed by atoms with Crippen molar-refractivity contribution in [1.82, 2.24) is 0 Å². The van der Waals surface area contributed by atoms with E-state index >= 15 is 0 Å². The van der Waals surface area contributed by atoms with Crippen molar-refractivity contribution in [3.63, 3.8) is 0 Å². The molecule has 0 bridgehead atoms.